The van der Waals surface area contributed by atoms with Crippen molar-refractivity contribution in [1.82, 2.24) is 5.32 Å². The predicted molar refractivity (Wildman–Crippen MR) is 182 cm³/mol. The fraction of sp³-hybridized carbons (Fsp3) is 0.179. The second-order valence-corrected chi connectivity index (χ2v) is 13.5. The summed E-state index contributed by atoms with van der Waals surface area (Å²) in [5.41, 5.74) is 4.46. The van der Waals surface area contributed by atoms with E-state index in [0.29, 0.717) is 11.1 Å². The van der Waals surface area contributed by atoms with Crippen molar-refractivity contribution >= 4 is 22.2 Å². The molecule has 0 fully saturated rings. The van der Waals surface area contributed by atoms with E-state index in [1.54, 1.807) is 12.1 Å². The van der Waals surface area contributed by atoms with Crippen molar-refractivity contribution < 1.29 is 31.7 Å². The van der Waals surface area contributed by atoms with Gasteiger partial charge in [0.25, 0.3) is 10.1 Å². The van der Waals surface area contributed by atoms with Crippen molar-refractivity contribution in [3.63, 3.8) is 0 Å². The van der Waals surface area contributed by atoms with Crippen LogP contribution in [-0.2, 0) is 28.6 Å². The number of carbonyl (C=O) groups is 2. The molecule has 0 saturated heterocycles. The maximum atomic E-state index is 14.1. The van der Waals surface area contributed by atoms with Crippen LogP contribution in [0.15, 0.2) is 138 Å². The van der Waals surface area contributed by atoms with Crippen molar-refractivity contribution in [2.24, 2.45) is 0 Å². The Labute approximate surface area is 280 Å². The standard InChI is InChI=1S/C39H35NO7S/c1-27-21-23-30(24-22-27)48(43,44)46-26-39(2,37(41)47-36(28-13-5-3-6-14-28)29-15-7-4-8-16-29)40-38(42)45-25-35-33-19-11-9-17-31(33)32-18-10-12-20-34(32)35/h3-24,35-36H,25-26H2,1-2H3,(H,40,42). The van der Waals surface area contributed by atoms with E-state index in [1.807, 2.05) is 116 Å². The first-order valence-corrected chi connectivity index (χ1v) is 17.0. The number of amides is 1. The molecule has 1 N–H and O–H groups in total. The molecule has 244 valence electrons. The molecule has 6 rings (SSSR count). The van der Waals surface area contributed by atoms with Crippen LogP contribution in [-0.4, -0.2) is 39.2 Å². The molecule has 9 heteroatoms. The number of nitrogens with one attached hydrogen (secondary N) is 1. The Hall–Kier alpha value is -5.25. The average molecular weight is 662 g/mol. The molecule has 1 atom stereocenters. The number of aryl methyl sites for hydroxylation is 1. The van der Waals surface area contributed by atoms with Gasteiger partial charge in [0.05, 0.1) is 4.90 Å². The molecule has 0 aromatic heterocycles. The molecule has 1 aliphatic rings. The van der Waals surface area contributed by atoms with Crippen molar-refractivity contribution in [2.75, 3.05) is 13.2 Å². The number of hydrogen-bond donors (Lipinski definition) is 1. The minimum Gasteiger partial charge on any atom is -0.451 e. The molecule has 5 aromatic carbocycles. The lowest BCUT2D eigenvalue weighted by atomic mass is 9.98. The topological polar surface area (TPSA) is 108 Å². The van der Waals surface area contributed by atoms with Gasteiger partial charge in [-0.2, -0.15) is 8.42 Å². The van der Waals surface area contributed by atoms with Crippen LogP contribution in [0.5, 0.6) is 0 Å². The largest absolute Gasteiger partial charge is 0.451 e. The number of hydrogen-bond acceptors (Lipinski definition) is 7. The molecule has 0 radical (unpaired) electrons. The summed E-state index contributed by atoms with van der Waals surface area (Å²) >= 11 is 0. The number of ether oxygens (including phenoxy) is 2. The van der Waals surface area contributed by atoms with E-state index in [9.17, 15) is 18.0 Å². The molecule has 0 spiro atoms. The monoisotopic (exact) mass is 661 g/mol. The third-order valence-electron chi connectivity index (χ3n) is 8.41. The highest BCUT2D eigenvalue weighted by atomic mass is 32.2. The molecular weight excluding hydrogens is 626 g/mol. The van der Waals surface area contributed by atoms with Crippen molar-refractivity contribution in [3.8, 4) is 11.1 Å². The van der Waals surface area contributed by atoms with Gasteiger partial charge in [-0.3, -0.25) is 4.18 Å². The molecule has 5 aromatic rings. The van der Waals surface area contributed by atoms with Gasteiger partial charge in [0.15, 0.2) is 11.6 Å². The molecule has 0 aliphatic heterocycles. The van der Waals surface area contributed by atoms with Gasteiger partial charge in [-0.15, -0.1) is 0 Å². The summed E-state index contributed by atoms with van der Waals surface area (Å²) in [4.78, 5) is 27.4. The Kier molecular flexibility index (Phi) is 9.43. The third-order valence-corrected chi connectivity index (χ3v) is 9.69. The van der Waals surface area contributed by atoms with E-state index in [4.69, 9.17) is 13.7 Å². The molecule has 0 bridgehead atoms. The third kappa shape index (κ3) is 7.02. The summed E-state index contributed by atoms with van der Waals surface area (Å²) in [5, 5.41) is 2.58. The van der Waals surface area contributed by atoms with E-state index in [1.165, 1.54) is 19.1 Å². The summed E-state index contributed by atoms with van der Waals surface area (Å²) in [6.45, 7) is 2.43. The minimum atomic E-state index is -4.30. The van der Waals surface area contributed by atoms with Gasteiger partial charge in [-0.1, -0.05) is 127 Å². The lowest BCUT2D eigenvalue weighted by molar-refractivity contribution is -0.156. The fourth-order valence-corrected chi connectivity index (χ4v) is 6.79. The molecule has 1 amide bonds. The quantitative estimate of drug-likeness (QED) is 0.117. The van der Waals surface area contributed by atoms with E-state index in [2.05, 4.69) is 5.32 Å². The Bertz CT molecular complexity index is 1930. The SMILES string of the molecule is Cc1ccc(S(=O)(=O)OCC(C)(NC(=O)OCC2c3ccccc3-c3ccccc32)C(=O)OC(c2ccccc2)c2ccccc2)cc1. The average Bonchev–Trinajstić information content (AvgIpc) is 3.43. The van der Waals surface area contributed by atoms with Crippen LogP contribution in [0.1, 0.15) is 46.8 Å². The van der Waals surface area contributed by atoms with E-state index >= 15 is 0 Å². The summed E-state index contributed by atoms with van der Waals surface area (Å²) in [5.74, 6) is -1.13. The predicted octanol–water partition coefficient (Wildman–Crippen LogP) is 7.33. The number of fused-ring (bicyclic) bond motifs is 3. The van der Waals surface area contributed by atoms with E-state index in [-0.39, 0.29) is 17.4 Å². The van der Waals surface area contributed by atoms with Gasteiger partial charge >= 0.3 is 12.1 Å². The molecule has 8 nitrogen and oxygen atoms in total. The van der Waals surface area contributed by atoms with Crippen molar-refractivity contribution in [3.05, 3.63) is 161 Å². The van der Waals surface area contributed by atoms with Gasteiger partial charge in [-0.05, 0) is 59.4 Å². The zero-order chi connectivity index (χ0) is 33.7. The Balaban J connectivity index is 1.25. The molecular formula is C39H35NO7S. The minimum absolute atomic E-state index is 0.00976. The summed E-state index contributed by atoms with van der Waals surface area (Å²) in [7, 11) is -4.30. The first-order chi connectivity index (χ1) is 23.1. The van der Waals surface area contributed by atoms with Crippen LogP contribution >= 0.6 is 0 Å². The Morgan fingerprint density at radius 3 is 1.77 bits per heavy atom. The number of carbonyl (C=O) groups excluding carboxylic acids is 2. The van der Waals surface area contributed by atoms with Crippen LogP contribution in [0.25, 0.3) is 11.1 Å². The molecule has 0 heterocycles. The second kappa shape index (κ2) is 13.9. The first-order valence-electron chi connectivity index (χ1n) is 15.5. The van der Waals surface area contributed by atoms with Gasteiger partial charge in [0.1, 0.15) is 13.2 Å². The highest BCUT2D eigenvalue weighted by molar-refractivity contribution is 7.86. The van der Waals surface area contributed by atoms with Gasteiger partial charge in [0, 0.05) is 5.92 Å². The number of alkyl carbamates (subject to hydrolysis) is 1. The lowest BCUT2D eigenvalue weighted by Gasteiger charge is -2.30. The normalized spacial score (nSPS) is 13.6. The number of rotatable bonds is 11. The number of benzene rings is 5. The lowest BCUT2D eigenvalue weighted by Crippen LogP contribution is -2.57. The Morgan fingerprint density at radius 2 is 1.23 bits per heavy atom. The van der Waals surface area contributed by atoms with Crippen LogP contribution in [0.3, 0.4) is 0 Å². The van der Waals surface area contributed by atoms with Crippen molar-refractivity contribution in [2.45, 2.75) is 36.3 Å². The van der Waals surface area contributed by atoms with Crippen LogP contribution in [0.2, 0.25) is 0 Å². The maximum absolute atomic E-state index is 14.1. The van der Waals surface area contributed by atoms with E-state index < -0.39 is 40.4 Å². The fourth-order valence-electron chi connectivity index (χ4n) is 5.80. The van der Waals surface area contributed by atoms with E-state index in [0.717, 1.165) is 27.8 Å². The molecule has 0 saturated carbocycles. The zero-order valence-electron chi connectivity index (χ0n) is 26.5. The Morgan fingerprint density at radius 1 is 0.729 bits per heavy atom. The van der Waals surface area contributed by atoms with Gasteiger partial charge in [-0.25, -0.2) is 9.59 Å². The molecule has 1 aliphatic carbocycles. The molecule has 1 unspecified atom stereocenters. The maximum Gasteiger partial charge on any atom is 0.408 e. The second-order valence-electron chi connectivity index (χ2n) is 11.9. The van der Waals surface area contributed by atoms with Crippen LogP contribution in [0, 0.1) is 6.92 Å². The van der Waals surface area contributed by atoms with Crippen LogP contribution in [0.4, 0.5) is 4.79 Å². The zero-order valence-corrected chi connectivity index (χ0v) is 27.4. The van der Waals surface area contributed by atoms with Crippen LogP contribution < -0.4 is 5.32 Å². The molecule has 48 heavy (non-hydrogen) atoms. The smallest absolute Gasteiger partial charge is 0.408 e. The summed E-state index contributed by atoms with van der Waals surface area (Å²) in [6, 6.07) is 40.2. The van der Waals surface area contributed by atoms with Gasteiger partial charge < -0.3 is 14.8 Å². The van der Waals surface area contributed by atoms with Crippen molar-refractivity contribution in [1.29, 1.82) is 0 Å². The van der Waals surface area contributed by atoms with Gasteiger partial charge in [0.2, 0.25) is 0 Å². The first kappa shape index (κ1) is 32.7. The highest BCUT2D eigenvalue weighted by Gasteiger charge is 2.42. The summed E-state index contributed by atoms with van der Waals surface area (Å²) in [6.07, 6.45) is -1.78. The summed E-state index contributed by atoms with van der Waals surface area (Å²) < 4.78 is 43.6. The number of esters is 1. The highest BCUT2D eigenvalue weighted by Crippen LogP contribution is 2.44.